The number of nitrogens with zero attached hydrogens (tertiary/aromatic N) is 4. The van der Waals surface area contributed by atoms with Gasteiger partial charge in [0.15, 0.2) is 0 Å². The summed E-state index contributed by atoms with van der Waals surface area (Å²) in [4.78, 5) is 25.3. The van der Waals surface area contributed by atoms with Crippen LogP contribution in [0.15, 0.2) is 59.7 Å². The first-order chi connectivity index (χ1) is 14.5. The van der Waals surface area contributed by atoms with Crippen molar-refractivity contribution in [2.45, 2.75) is 26.4 Å². The molecule has 2 heterocycles. The normalized spacial score (nSPS) is 11.2. The Hall–Kier alpha value is -3.32. The second-order valence-electron chi connectivity index (χ2n) is 6.99. The summed E-state index contributed by atoms with van der Waals surface area (Å²) in [5.74, 6) is -0.415. The third-order valence-electron chi connectivity index (χ3n) is 4.91. The quantitative estimate of drug-likeness (QED) is 0.440. The lowest BCUT2D eigenvalue weighted by atomic mass is 10.1. The number of imidazole rings is 1. The molecule has 0 amide bonds. The van der Waals surface area contributed by atoms with E-state index in [-0.39, 0.29) is 5.69 Å². The van der Waals surface area contributed by atoms with Crippen molar-refractivity contribution in [1.82, 2.24) is 18.9 Å². The highest BCUT2D eigenvalue weighted by atomic mass is 35.5. The first-order valence-corrected chi connectivity index (χ1v) is 10.0. The van der Waals surface area contributed by atoms with Gasteiger partial charge in [0, 0.05) is 17.8 Å². The van der Waals surface area contributed by atoms with E-state index in [0.29, 0.717) is 28.3 Å². The van der Waals surface area contributed by atoms with Crippen molar-refractivity contribution < 1.29 is 9.53 Å². The summed E-state index contributed by atoms with van der Waals surface area (Å²) in [6.45, 7) is 3.15. The van der Waals surface area contributed by atoms with Crippen molar-refractivity contribution >= 4 is 28.6 Å². The summed E-state index contributed by atoms with van der Waals surface area (Å²) in [7, 11) is 1.34. The fourth-order valence-electron chi connectivity index (χ4n) is 3.55. The zero-order chi connectivity index (χ0) is 21.3. The number of esters is 1. The molecule has 0 aliphatic heterocycles. The van der Waals surface area contributed by atoms with E-state index in [2.05, 4.69) is 12.0 Å². The van der Waals surface area contributed by atoms with Crippen LogP contribution in [0.2, 0.25) is 5.02 Å². The van der Waals surface area contributed by atoms with Crippen LogP contribution in [0.5, 0.6) is 0 Å². The molecule has 4 aromatic rings. The molecule has 7 nitrogen and oxygen atoms in total. The van der Waals surface area contributed by atoms with Gasteiger partial charge in [-0.2, -0.15) is 5.10 Å². The van der Waals surface area contributed by atoms with Crippen molar-refractivity contribution in [3.63, 3.8) is 0 Å². The molecule has 4 rings (SSSR count). The number of carbonyl (C=O) groups excluding carboxylic acids is 1. The minimum Gasteiger partial charge on any atom is -0.465 e. The average molecular weight is 425 g/mol. The van der Waals surface area contributed by atoms with Gasteiger partial charge in [0.1, 0.15) is 0 Å². The number of benzene rings is 2. The van der Waals surface area contributed by atoms with Crippen LogP contribution in [0.3, 0.4) is 0 Å². The Bertz CT molecular complexity index is 1290. The van der Waals surface area contributed by atoms with E-state index >= 15 is 0 Å². The van der Waals surface area contributed by atoms with Gasteiger partial charge in [0.05, 0.1) is 42.1 Å². The van der Waals surface area contributed by atoms with E-state index in [1.165, 1.54) is 7.11 Å². The maximum absolute atomic E-state index is 13.4. The van der Waals surface area contributed by atoms with Gasteiger partial charge in [-0.1, -0.05) is 30.7 Å². The molecule has 0 spiro atoms. The molecule has 0 saturated heterocycles. The molecule has 2 aromatic carbocycles. The van der Waals surface area contributed by atoms with E-state index in [1.807, 2.05) is 23.0 Å². The fourth-order valence-corrected chi connectivity index (χ4v) is 3.72. The first-order valence-electron chi connectivity index (χ1n) is 9.62. The number of hydrogen-bond donors (Lipinski definition) is 0. The minimum absolute atomic E-state index is 0.202. The predicted octanol–water partition coefficient (Wildman–Crippen LogP) is 3.89. The number of hydrogen-bond acceptors (Lipinski definition) is 4. The van der Waals surface area contributed by atoms with Gasteiger partial charge in [0.25, 0.3) is 0 Å². The molecule has 0 saturated carbocycles. The zero-order valence-electron chi connectivity index (χ0n) is 16.7. The zero-order valence-corrected chi connectivity index (χ0v) is 17.5. The standard InChI is InChI=1S/C22H21ClN4O3/c1-3-9-25-14-18(12-24-25)27-20-11-17(23)7-8-19(20)26(22(27)29)13-15-5-4-6-16(10-15)21(28)30-2/h4-8,10-12,14H,3,9,13H2,1-2H3. The van der Waals surface area contributed by atoms with Crippen LogP contribution in [-0.4, -0.2) is 32.0 Å². The SMILES string of the molecule is CCCn1cc(-n2c(=O)n(Cc3cccc(C(=O)OC)c3)c3ccc(Cl)cc32)cn1. The van der Waals surface area contributed by atoms with Gasteiger partial charge in [-0.15, -0.1) is 0 Å². The van der Waals surface area contributed by atoms with Crippen LogP contribution < -0.4 is 5.69 Å². The number of ether oxygens (including phenoxy) is 1. The monoisotopic (exact) mass is 424 g/mol. The minimum atomic E-state index is -0.415. The van der Waals surface area contributed by atoms with Crippen LogP contribution in [-0.2, 0) is 17.8 Å². The van der Waals surface area contributed by atoms with E-state index in [1.54, 1.807) is 45.7 Å². The van der Waals surface area contributed by atoms with Crippen molar-refractivity contribution in [3.05, 3.63) is 81.5 Å². The van der Waals surface area contributed by atoms with Crippen LogP contribution >= 0.6 is 11.6 Å². The molecule has 30 heavy (non-hydrogen) atoms. The summed E-state index contributed by atoms with van der Waals surface area (Å²) >= 11 is 6.23. The third-order valence-corrected chi connectivity index (χ3v) is 5.15. The van der Waals surface area contributed by atoms with E-state index in [4.69, 9.17) is 16.3 Å². The lowest BCUT2D eigenvalue weighted by Gasteiger charge is -2.06. The molecule has 0 unspecified atom stereocenters. The van der Waals surface area contributed by atoms with Crippen LogP contribution in [0.1, 0.15) is 29.3 Å². The number of aryl methyl sites for hydroxylation is 1. The Kier molecular flexibility index (Phi) is 5.46. The highest BCUT2D eigenvalue weighted by Gasteiger charge is 2.17. The molecule has 8 heteroatoms. The molecule has 0 N–H and O–H groups in total. The van der Waals surface area contributed by atoms with E-state index in [9.17, 15) is 9.59 Å². The summed E-state index contributed by atoms with van der Waals surface area (Å²) < 4.78 is 9.89. The van der Waals surface area contributed by atoms with Gasteiger partial charge in [-0.25, -0.2) is 9.59 Å². The number of carbonyl (C=O) groups is 1. The molecule has 0 bridgehead atoms. The van der Waals surface area contributed by atoms with Crippen LogP contribution in [0.25, 0.3) is 16.7 Å². The van der Waals surface area contributed by atoms with E-state index < -0.39 is 5.97 Å². The summed E-state index contributed by atoms with van der Waals surface area (Å²) in [6.07, 6.45) is 4.48. The molecular formula is C22H21ClN4O3. The fraction of sp³-hybridized carbons (Fsp3) is 0.227. The number of rotatable bonds is 6. The van der Waals surface area contributed by atoms with Gasteiger partial charge in [-0.05, 0) is 42.3 Å². The van der Waals surface area contributed by atoms with Crippen molar-refractivity contribution in [1.29, 1.82) is 0 Å². The number of halogens is 1. The Balaban J connectivity index is 1.84. The van der Waals surface area contributed by atoms with Crippen molar-refractivity contribution in [2.75, 3.05) is 7.11 Å². The number of fused-ring (bicyclic) bond motifs is 1. The Morgan fingerprint density at radius 3 is 2.77 bits per heavy atom. The van der Waals surface area contributed by atoms with Gasteiger partial charge in [-0.3, -0.25) is 13.8 Å². The molecule has 0 radical (unpaired) electrons. The summed E-state index contributed by atoms with van der Waals surface area (Å²) in [6, 6.07) is 12.4. The van der Waals surface area contributed by atoms with E-state index in [0.717, 1.165) is 24.0 Å². The summed E-state index contributed by atoms with van der Waals surface area (Å²) in [5.41, 5.74) is 3.18. The Labute approximate surface area is 178 Å². The maximum Gasteiger partial charge on any atom is 0.337 e. The second kappa shape index (κ2) is 8.20. The number of aromatic nitrogens is 4. The lowest BCUT2D eigenvalue weighted by molar-refractivity contribution is 0.0600. The molecule has 0 aliphatic carbocycles. The molecular weight excluding hydrogens is 404 g/mol. The summed E-state index contributed by atoms with van der Waals surface area (Å²) in [5, 5.41) is 4.89. The maximum atomic E-state index is 13.4. The van der Waals surface area contributed by atoms with Gasteiger partial charge >= 0.3 is 11.7 Å². The largest absolute Gasteiger partial charge is 0.465 e. The molecule has 0 aliphatic rings. The first kappa shape index (κ1) is 20.0. The van der Waals surface area contributed by atoms with Gasteiger partial charge in [0.2, 0.25) is 0 Å². The number of methoxy groups -OCH3 is 1. The van der Waals surface area contributed by atoms with Crippen molar-refractivity contribution in [2.24, 2.45) is 0 Å². The topological polar surface area (TPSA) is 71.0 Å². The Morgan fingerprint density at radius 1 is 1.17 bits per heavy atom. The molecule has 0 atom stereocenters. The lowest BCUT2D eigenvalue weighted by Crippen LogP contribution is -2.23. The highest BCUT2D eigenvalue weighted by Crippen LogP contribution is 2.22. The highest BCUT2D eigenvalue weighted by molar-refractivity contribution is 6.31. The average Bonchev–Trinajstić information content (AvgIpc) is 3.30. The predicted molar refractivity (Wildman–Crippen MR) is 116 cm³/mol. The molecule has 154 valence electrons. The van der Waals surface area contributed by atoms with Crippen molar-refractivity contribution in [3.8, 4) is 5.69 Å². The molecule has 0 fully saturated rings. The van der Waals surface area contributed by atoms with Crippen LogP contribution in [0, 0.1) is 0 Å². The molecule has 2 aromatic heterocycles. The second-order valence-corrected chi connectivity index (χ2v) is 7.43. The van der Waals surface area contributed by atoms with Crippen LogP contribution in [0.4, 0.5) is 0 Å². The van der Waals surface area contributed by atoms with Gasteiger partial charge < -0.3 is 4.74 Å². The third kappa shape index (κ3) is 3.64. The smallest absolute Gasteiger partial charge is 0.337 e. The Morgan fingerprint density at radius 2 is 2.00 bits per heavy atom.